The number of hydrogen-bond donors (Lipinski definition) is 0. The van der Waals surface area contributed by atoms with Crippen LogP contribution in [0.25, 0.3) is 6.08 Å². The minimum absolute atomic E-state index is 0.187. The number of nitrogens with zero attached hydrogens (tertiary/aromatic N) is 2. The predicted octanol–water partition coefficient (Wildman–Crippen LogP) is 3.30. The summed E-state index contributed by atoms with van der Waals surface area (Å²) in [6.07, 6.45) is 0.0563. The van der Waals surface area contributed by atoms with Crippen LogP contribution in [0.2, 0.25) is 0 Å². The van der Waals surface area contributed by atoms with Gasteiger partial charge in [0.15, 0.2) is 0 Å². The fraction of sp³-hybridized carbons (Fsp3) is 0.263. The van der Waals surface area contributed by atoms with Crippen molar-refractivity contribution < 1.29 is 27.2 Å². The molecule has 1 fully saturated rings. The Hall–Kier alpha value is -3.03. The van der Waals surface area contributed by atoms with Crippen molar-refractivity contribution in [2.45, 2.75) is 6.18 Å². The van der Waals surface area contributed by atoms with Crippen molar-refractivity contribution in [2.24, 2.45) is 0 Å². The van der Waals surface area contributed by atoms with E-state index in [4.69, 9.17) is 4.42 Å². The number of piperazine rings is 1. The van der Waals surface area contributed by atoms with Gasteiger partial charge in [0.2, 0.25) is 5.91 Å². The summed E-state index contributed by atoms with van der Waals surface area (Å²) in [5.41, 5.74) is -0.599. The second kappa shape index (κ2) is 7.69. The van der Waals surface area contributed by atoms with Gasteiger partial charge in [0, 0.05) is 37.8 Å². The van der Waals surface area contributed by atoms with Gasteiger partial charge in [-0.2, -0.15) is 13.2 Å². The Bertz CT molecular complexity index is 819. The molecule has 0 atom stereocenters. The standard InChI is InChI=1S/C19H17F3N2O3/c20-19(21,22)15-5-3-14(4-6-15)18(26)24-11-9-23(10-12-24)17(25)8-7-16-2-1-13-27-16/h1-8,13H,9-12H2/b8-7+. The van der Waals surface area contributed by atoms with E-state index in [9.17, 15) is 22.8 Å². The van der Waals surface area contributed by atoms with Crippen molar-refractivity contribution in [2.75, 3.05) is 26.2 Å². The molecule has 27 heavy (non-hydrogen) atoms. The number of carbonyl (C=O) groups is 2. The van der Waals surface area contributed by atoms with Crippen LogP contribution in [0.3, 0.4) is 0 Å². The van der Waals surface area contributed by atoms with Gasteiger partial charge in [0.05, 0.1) is 11.8 Å². The van der Waals surface area contributed by atoms with Gasteiger partial charge in [-0.05, 0) is 42.5 Å². The number of halogens is 3. The van der Waals surface area contributed by atoms with Crippen molar-refractivity contribution in [1.29, 1.82) is 0 Å². The van der Waals surface area contributed by atoms with Crippen LogP contribution >= 0.6 is 0 Å². The van der Waals surface area contributed by atoms with E-state index in [1.165, 1.54) is 29.4 Å². The van der Waals surface area contributed by atoms with Gasteiger partial charge in [-0.15, -0.1) is 0 Å². The molecule has 0 N–H and O–H groups in total. The first-order chi connectivity index (χ1) is 12.8. The summed E-state index contributed by atoms with van der Waals surface area (Å²) >= 11 is 0. The van der Waals surface area contributed by atoms with Crippen LogP contribution in [-0.2, 0) is 11.0 Å². The number of benzene rings is 1. The molecule has 1 aromatic heterocycles. The molecule has 1 aromatic carbocycles. The zero-order chi connectivity index (χ0) is 19.4. The lowest BCUT2D eigenvalue weighted by Crippen LogP contribution is -2.50. The van der Waals surface area contributed by atoms with Gasteiger partial charge < -0.3 is 14.2 Å². The highest BCUT2D eigenvalue weighted by atomic mass is 19.4. The maximum absolute atomic E-state index is 12.6. The summed E-state index contributed by atoms with van der Waals surface area (Å²) in [6, 6.07) is 7.59. The van der Waals surface area contributed by atoms with Crippen LogP contribution in [-0.4, -0.2) is 47.8 Å². The summed E-state index contributed by atoms with van der Waals surface area (Å²) in [7, 11) is 0. The minimum atomic E-state index is -4.43. The monoisotopic (exact) mass is 378 g/mol. The topological polar surface area (TPSA) is 53.8 Å². The fourth-order valence-electron chi connectivity index (χ4n) is 2.76. The Morgan fingerprint density at radius 3 is 2.15 bits per heavy atom. The van der Waals surface area contributed by atoms with Crippen molar-refractivity contribution >= 4 is 17.9 Å². The van der Waals surface area contributed by atoms with Crippen LogP contribution < -0.4 is 0 Å². The highest BCUT2D eigenvalue weighted by Gasteiger charge is 2.31. The van der Waals surface area contributed by atoms with E-state index in [0.29, 0.717) is 31.9 Å². The number of amides is 2. The quantitative estimate of drug-likeness (QED) is 0.770. The zero-order valence-corrected chi connectivity index (χ0v) is 14.3. The van der Waals surface area contributed by atoms with Crippen molar-refractivity contribution in [1.82, 2.24) is 9.80 Å². The average Bonchev–Trinajstić information content (AvgIpc) is 3.19. The van der Waals surface area contributed by atoms with E-state index < -0.39 is 11.7 Å². The van der Waals surface area contributed by atoms with E-state index in [0.717, 1.165) is 12.1 Å². The van der Waals surface area contributed by atoms with Gasteiger partial charge in [-0.1, -0.05) is 0 Å². The summed E-state index contributed by atoms with van der Waals surface area (Å²) < 4.78 is 42.9. The van der Waals surface area contributed by atoms with Crippen LogP contribution in [0.5, 0.6) is 0 Å². The maximum Gasteiger partial charge on any atom is 0.416 e. The third kappa shape index (κ3) is 4.58. The molecule has 0 bridgehead atoms. The first-order valence-electron chi connectivity index (χ1n) is 8.31. The van der Waals surface area contributed by atoms with E-state index in [1.54, 1.807) is 23.1 Å². The molecule has 0 aliphatic carbocycles. The van der Waals surface area contributed by atoms with Crippen molar-refractivity contribution in [3.63, 3.8) is 0 Å². The van der Waals surface area contributed by atoms with Crippen LogP contribution in [0.15, 0.2) is 53.2 Å². The number of alkyl halides is 3. The van der Waals surface area contributed by atoms with E-state index in [1.807, 2.05) is 0 Å². The first kappa shape index (κ1) is 18.8. The van der Waals surface area contributed by atoms with E-state index >= 15 is 0 Å². The molecule has 8 heteroatoms. The Balaban J connectivity index is 1.55. The van der Waals surface area contributed by atoms with E-state index in [2.05, 4.69) is 0 Å². The average molecular weight is 378 g/mol. The van der Waals surface area contributed by atoms with Gasteiger partial charge in [0.1, 0.15) is 5.76 Å². The molecule has 3 rings (SSSR count). The predicted molar refractivity (Wildman–Crippen MR) is 91.7 cm³/mol. The summed E-state index contributed by atoms with van der Waals surface area (Å²) in [5.74, 6) is 0.0365. The van der Waals surface area contributed by atoms with Crippen LogP contribution in [0.1, 0.15) is 21.7 Å². The molecule has 2 aromatic rings. The molecular formula is C19H17F3N2O3. The minimum Gasteiger partial charge on any atom is -0.465 e. The molecule has 1 aliphatic heterocycles. The smallest absolute Gasteiger partial charge is 0.416 e. The molecule has 142 valence electrons. The normalized spacial score (nSPS) is 15.4. The van der Waals surface area contributed by atoms with Crippen LogP contribution in [0.4, 0.5) is 13.2 Å². The first-order valence-corrected chi connectivity index (χ1v) is 8.31. The van der Waals surface area contributed by atoms with Gasteiger partial charge in [-0.3, -0.25) is 9.59 Å². The molecule has 1 saturated heterocycles. The molecule has 2 amide bonds. The number of carbonyl (C=O) groups excluding carboxylic acids is 2. The lowest BCUT2D eigenvalue weighted by Gasteiger charge is -2.34. The molecule has 2 heterocycles. The maximum atomic E-state index is 12.6. The van der Waals surface area contributed by atoms with Gasteiger partial charge in [-0.25, -0.2) is 0 Å². The Morgan fingerprint density at radius 1 is 0.963 bits per heavy atom. The molecule has 0 spiro atoms. The highest BCUT2D eigenvalue weighted by Crippen LogP contribution is 2.29. The highest BCUT2D eigenvalue weighted by molar-refractivity contribution is 5.95. The molecule has 0 saturated carbocycles. The number of furan rings is 1. The molecule has 0 radical (unpaired) electrons. The van der Waals surface area contributed by atoms with Gasteiger partial charge in [0.25, 0.3) is 5.91 Å². The second-order valence-corrected chi connectivity index (χ2v) is 6.04. The second-order valence-electron chi connectivity index (χ2n) is 6.04. The lowest BCUT2D eigenvalue weighted by molar-refractivity contribution is -0.137. The largest absolute Gasteiger partial charge is 0.465 e. The molecule has 0 unspecified atom stereocenters. The van der Waals surface area contributed by atoms with Gasteiger partial charge >= 0.3 is 6.18 Å². The van der Waals surface area contributed by atoms with Crippen LogP contribution in [0, 0.1) is 0 Å². The summed E-state index contributed by atoms with van der Waals surface area (Å²) in [6.45, 7) is 1.35. The summed E-state index contributed by atoms with van der Waals surface area (Å²) in [4.78, 5) is 27.7. The molecular weight excluding hydrogens is 361 g/mol. The van der Waals surface area contributed by atoms with E-state index in [-0.39, 0.29) is 17.4 Å². The summed E-state index contributed by atoms with van der Waals surface area (Å²) in [5, 5.41) is 0. The molecule has 5 nitrogen and oxygen atoms in total. The SMILES string of the molecule is O=C(/C=C/c1ccco1)N1CCN(C(=O)c2ccc(C(F)(F)F)cc2)CC1. The molecule has 1 aliphatic rings. The Morgan fingerprint density at radius 2 is 1.59 bits per heavy atom. The zero-order valence-electron chi connectivity index (χ0n) is 14.3. The number of hydrogen-bond acceptors (Lipinski definition) is 3. The Kier molecular flexibility index (Phi) is 5.34. The van der Waals surface area contributed by atoms with Crippen molar-refractivity contribution in [3.8, 4) is 0 Å². The third-order valence-corrected chi connectivity index (χ3v) is 4.27. The third-order valence-electron chi connectivity index (χ3n) is 4.27. The lowest BCUT2D eigenvalue weighted by atomic mass is 10.1. The number of rotatable bonds is 3. The fourth-order valence-corrected chi connectivity index (χ4v) is 2.76. The Labute approximate surface area is 153 Å². The van der Waals surface area contributed by atoms with Crippen molar-refractivity contribution in [3.05, 3.63) is 65.6 Å².